The van der Waals surface area contributed by atoms with Crippen molar-refractivity contribution < 1.29 is 51.0 Å². The first kappa shape index (κ1) is 31.4. The molecule has 2 aliphatic heterocycles. The Morgan fingerprint density at radius 3 is 2.28 bits per heavy atom. The molecule has 0 saturated heterocycles. The molecule has 2 bridgehead atoms. The summed E-state index contributed by atoms with van der Waals surface area (Å²) in [6.45, 7) is 11.8. The Morgan fingerprint density at radius 1 is 0.917 bits per heavy atom. The van der Waals surface area contributed by atoms with Gasteiger partial charge in [-0.05, 0) is 52.8 Å². The number of allylic oxidation sites excluding steroid dienone is 1. The average molecular weight is 630 g/mol. The summed E-state index contributed by atoms with van der Waals surface area (Å²) in [6, 6.07) is 20.3. The van der Waals surface area contributed by atoms with Crippen LogP contribution in [0.25, 0.3) is 27.1 Å². The first-order valence-corrected chi connectivity index (χ1v) is 16.5. The van der Waals surface area contributed by atoms with Crippen LogP contribution in [0.3, 0.4) is 0 Å². The van der Waals surface area contributed by atoms with Crippen LogP contribution in [0.15, 0.2) is 70.9 Å². The van der Waals surface area contributed by atoms with Crippen molar-refractivity contribution in [1.82, 2.24) is 0 Å². The molecule has 0 N–H and O–H groups in total. The number of unbranched alkanes of at least 4 members (excludes halogenated alkanes) is 2. The zero-order chi connectivity index (χ0) is 23.2. The zero-order valence-corrected chi connectivity index (χ0v) is 27.7. The van der Waals surface area contributed by atoms with Gasteiger partial charge in [0, 0.05) is 5.54 Å². The quantitative estimate of drug-likeness (QED) is 0.180. The molecule has 7 rings (SSSR count). The van der Waals surface area contributed by atoms with E-state index in [4.69, 9.17) is 0 Å². The summed E-state index contributed by atoms with van der Waals surface area (Å²) >= 11 is 1.87. The average Bonchev–Trinajstić information content (AvgIpc) is 3.51. The molecule has 1 atom stereocenters. The third-order valence-corrected chi connectivity index (χ3v) is 12.6. The molecule has 0 fully saturated rings. The number of fused-ring (bicyclic) bond motifs is 1. The first-order valence-electron chi connectivity index (χ1n) is 12.4. The van der Waals surface area contributed by atoms with Crippen molar-refractivity contribution in [2.24, 2.45) is 0 Å². The molecule has 0 spiro atoms. The van der Waals surface area contributed by atoms with Gasteiger partial charge in [0.25, 0.3) is 0 Å². The molecule has 3 aliphatic rings. The van der Waals surface area contributed by atoms with E-state index in [-0.39, 0.29) is 51.0 Å². The molecular weight excluding hydrogens is 595 g/mol. The van der Waals surface area contributed by atoms with E-state index in [1.807, 2.05) is 11.3 Å². The van der Waals surface area contributed by atoms with Gasteiger partial charge in [-0.2, -0.15) is 17.4 Å². The summed E-state index contributed by atoms with van der Waals surface area (Å²) in [7, 11) is -0.976. The molecule has 187 valence electrons. The second kappa shape index (κ2) is 12.8. The predicted molar refractivity (Wildman–Crippen MR) is 150 cm³/mol. The van der Waals surface area contributed by atoms with Crippen molar-refractivity contribution in [2.75, 3.05) is 0 Å². The molecule has 3 aromatic carbocycles. The van der Waals surface area contributed by atoms with Gasteiger partial charge < -0.3 is 24.8 Å². The van der Waals surface area contributed by atoms with Crippen LogP contribution in [0.5, 0.6) is 0 Å². The van der Waals surface area contributed by atoms with E-state index in [0.717, 1.165) is 5.54 Å². The molecule has 36 heavy (non-hydrogen) atoms. The molecule has 1 aliphatic carbocycles. The molecule has 1 aromatic heterocycles. The van der Waals surface area contributed by atoms with E-state index in [0.29, 0.717) is 0 Å². The van der Waals surface area contributed by atoms with E-state index >= 15 is 0 Å². The predicted octanol–water partition coefficient (Wildman–Crippen LogP) is 3.69. The maximum Gasteiger partial charge on any atom is 3.00 e. The van der Waals surface area contributed by atoms with Gasteiger partial charge >= 0.3 is 26.2 Å². The zero-order valence-electron chi connectivity index (χ0n) is 21.9. The Bertz CT molecular complexity index is 1330. The Balaban J connectivity index is 0.000000261. The molecule has 5 heteroatoms. The van der Waals surface area contributed by atoms with E-state index in [2.05, 4.69) is 99.2 Å². The smallest absolute Gasteiger partial charge is 1.00 e. The van der Waals surface area contributed by atoms with Crippen molar-refractivity contribution in [3.8, 4) is 11.1 Å². The standard InChI is InChI=1S/C21H23.C10H12SSi.2ClH.Zr/c1-3-4-5-7-17-10-12-18(13-11-17)20-9-6-8-19-14-16(2)15-21(19)20;1-6-9-7-4-11-5-8(7)10(6)12(9,2)3;;;/h6,8-15H,3-5,7H2,1-2H3;4-5,9H,1-3H3;2*1H;/q-1;;;;+3/p-2. The van der Waals surface area contributed by atoms with Gasteiger partial charge in [0.15, 0.2) is 0 Å². The Hall–Kier alpha value is -0.830. The van der Waals surface area contributed by atoms with Crippen molar-refractivity contribution in [3.05, 3.63) is 93.2 Å². The SMILES string of the molecule is CC1=C2c3cscc3C1[Si]2(C)C.CCCCCc1ccc(-c2cccc3[cH-]c(C)cc23)cc1.[Cl-].[Cl-].[Zr+3]. The minimum Gasteiger partial charge on any atom is -1.00 e. The van der Waals surface area contributed by atoms with E-state index in [1.54, 1.807) is 21.9 Å². The molecule has 1 unspecified atom stereocenters. The van der Waals surface area contributed by atoms with E-state index in [1.165, 1.54) is 58.7 Å². The van der Waals surface area contributed by atoms with Crippen LogP contribution in [0.2, 0.25) is 13.1 Å². The maximum atomic E-state index is 2.50. The van der Waals surface area contributed by atoms with Gasteiger partial charge in [0.1, 0.15) is 0 Å². The molecular formula is C31H35Cl2SSiZr. The van der Waals surface area contributed by atoms with Crippen molar-refractivity contribution in [2.45, 2.75) is 65.1 Å². The summed E-state index contributed by atoms with van der Waals surface area (Å²) < 4.78 is 0. The number of hydrogen-bond donors (Lipinski definition) is 0. The summed E-state index contributed by atoms with van der Waals surface area (Å²) in [5, 5.41) is 9.18. The fourth-order valence-corrected chi connectivity index (χ4v) is 11.7. The third kappa shape index (κ3) is 5.62. The molecule has 0 nitrogen and oxygen atoms in total. The Labute approximate surface area is 253 Å². The van der Waals surface area contributed by atoms with E-state index < -0.39 is 8.07 Å². The maximum absolute atomic E-state index is 2.50. The first-order chi connectivity index (χ1) is 15.9. The van der Waals surface area contributed by atoms with E-state index in [9.17, 15) is 0 Å². The minimum absolute atomic E-state index is 0. The van der Waals surface area contributed by atoms with Crippen molar-refractivity contribution in [1.29, 1.82) is 0 Å². The topological polar surface area (TPSA) is 0 Å². The van der Waals surface area contributed by atoms with Crippen LogP contribution >= 0.6 is 11.3 Å². The fraction of sp³-hybridized carbons (Fsp3) is 0.323. The fourth-order valence-electron chi connectivity index (χ4n) is 6.24. The largest absolute Gasteiger partial charge is 3.00 e. The number of aryl methyl sites for hydroxylation is 2. The summed E-state index contributed by atoms with van der Waals surface area (Å²) in [5.74, 6) is 0. The van der Waals surface area contributed by atoms with Gasteiger partial charge in [-0.15, -0.1) is 34.5 Å². The molecule has 1 radical (unpaired) electrons. The van der Waals surface area contributed by atoms with Crippen LogP contribution in [-0.4, -0.2) is 8.07 Å². The second-order valence-corrected chi connectivity index (χ2v) is 15.7. The van der Waals surface area contributed by atoms with Gasteiger partial charge in [0.2, 0.25) is 0 Å². The van der Waals surface area contributed by atoms with Gasteiger partial charge in [0.05, 0.1) is 8.07 Å². The molecule has 3 heterocycles. The monoisotopic (exact) mass is 627 g/mol. The number of thiophene rings is 1. The third-order valence-electron chi connectivity index (χ3n) is 7.69. The molecule has 0 saturated carbocycles. The van der Waals surface area contributed by atoms with Crippen molar-refractivity contribution >= 4 is 35.4 Å². The van der Waals surface area contributed by atoms with Gasteiger partial charge in [-0.3, -0.25) is 0 Å². The second-order valence-electron chi connectivity index (χ2n) is 10.4. The summed E-state index contributed by atoms with van der Waals surface area (Å²) in [6.07, 6.45) is 5.12. The van der Waals surface area contributed by atoms with Crippen molar-refractivity contribution in [3.63, 3.8) is 0 Å². The van der Waals surface area contributed by atoms with Crippen LogP contribution < -0.4 is 24.8 Å². The van der Waals surface area contributed by atoms with Crippen LogP contribution in [0, 0.1) is 6.92 Å². The number of hydrogen-bond acceptors (Lipinski definition) is 1. The summed E-state index contributed by atoms with van der Waals surface area (Å²) in [5.41, 5.74) is 11.3. The minimum atomic E-state index is -0.976. The van der Waals surface area contributed by atoms with Gasteiger partial charge in [-0.1, -0.05) is 86.4 Å². The van der Waals surface area contributed by atoms with Crippen LogP contribution in [0.4, 0.5) is 0 Å². The summed E-state index contributed by atoms with van der Waals surface area (Å²) in [4.78, 5) is 0. The number of halogens is 2. The van der Waals surface area contributed by atoms with Crippen LogP contribution in [0.1, 0.15) is 60.9 Å². The normalized spacial score (nSPS) is 16.1. The molecule has 4 aromatic rings. The van der Waals surface area contributed by atoms with Crippen LogP contribution in [-0.2, 0) is 32.6 Å². The van der Waals surface area contributed by atoms with Gasteiger partial charge in [-0.25, -0.2) is 0 Å². The Morgan fingerprint density at radius 2 is 1.64 bits per heavy atom. The number of benzene rings is 2. The Kier molecular flexibility index (Phi) is 11.2. The molecule has 0 amide bonds. The number of rotatable bonds is 5.